The zero-order valence-electron chi connectivity index (χ0n) is 9.82. The Kier molecular flexibility index (Phi) is 4.55. The van der Waals surface area contributed by atoms with Gasteiger partial charge in [0.2, 0.25) is 5.95 Å². The monoisotopic (exact) mass is 211 g/mol. The molecule has 1 heterocycles. The molecule has 0 amide bonds. The maximum Gasteiger partial charge on any atom is 0.224 e. The van der Waals surface area contributed by atoms with Crippen LogP contribution in [0.1, 0.15) is 38.9 Å². The maximum atomic E-state index is 5.72. The van der Waals surface area contributed by atoms with Crippen molar-refractivity contribution in [3.05, 3.63) is 5.82 Å². The van der Waals surface area contributed by atoms with Gasteiger partial charge in [-0.15, -0.1) is 10.2 Å². The normalized spacial score (nSPS) is 12.8. The van der Waals surface area contributed by atoms with Crippen LogP contribution >= 0.6 is 0 Å². The standard InChI is InChI=1S/C10H21N5/c1-4-8(7-11)9-13-14-10(12-5-2)15(9)6-3/h8H,4-7,11H2,1-3H3,(H,12,14). The summed E-state index contributed by atoms with van der Waals surface area (Å²) in [5.41, 5.74) is 5.72. The molecule has 3 N–H and O–H groups in total. The molecule has 0 spiro atoms. The minimum atomic E-state index is 0.310. The molecule has 0 bridgehead atoms. The minimum Gasteiger partial charge on any atom is -0.355 e. The molecule has 1 aromatic heterocycles. The van der Waals surface area contributed by atoms with Crippen molar-refractivity contribution in [2.45, 2.75) is 39.7 Å². The highest BCUT2D eigenvalue weighted by Crippen LogP contribution is 2.19. The second-order valence-electron chi connectivity index (χ2n) is 3.50. The van der Waals surface area contributed by atoms with Crippen LogP contribution in [0.3, 0.4) is 0 Å². The van der Waals surface area contributed by atoms with Crippen LogP contribution in [0.15, 0.2) is 0 Å². The Morgan fingerprint density at radius 2 is 2.07 bits per heavy atom. The second-order valence-corrected chi connectivity index (χ2v) is 3.50. The molecule has 0 aromatic carbocycles. The van der Waals surface area contributed by atoms with Crippen LogP contribution in [0.5, 0.6) is 0 Å². The Balaban J connectivity index is 2.96. The van der Waals surface area contributed by atoms with Gasteiger partial charge < -0.3 is 11.1 Å². The van der Waals surface area contributed by atoms with Crippen molar-refractivity contribution < 1.29 is 0 Å². The highest BCUT2D eigenvalue weighted by Gasteiger charge is 2.17. The van der Waals surface area contributed by atoms with Crippen molar-refractivity contribution in [3.63, 3.8) is 0 Å². The summed E-state index contributed by atoms with van der Waals surface area (Å²) in [7, 11) is 0. The third-order valence-corrected chi connectivity index (χ3v) is 2.57. The summed E-state index contributed by atoms with van der Waals surface area (Å²) in [6, 6.07) is 0. The van der Waals surface area contributed by atoms with Crippen LogP contribution in [0.4, 0.5) is 5.95 Å². The van der Waals surface area contributed by atoms with E-state index < -0.39 is 0 Å². The quantitative estimate of drug-likeness (QED) is 0.741. The summed E-state index contributed by atoms with van der Waals surface area (Å²) in [5.74, 6) is 2.16. The molecule has 0 aliphatic heterocycles. The second kappa shape index (κ2) is 5.70. The van der Waals surface area contributed by atoms with E-state index in [9.17, 15) is 0 Å². The highest BCUT2D eigenvalue weighted by molar-refractivity contribution is 5.26. The number of nitrogens with two attached hydrogens (primary N) is 1. The van der Waals surface area contributed by atoms with Crippen LogP contribution in [0.2, 0.25) is 0 Å². The first-order chi connectivity index (χ1) is 7.28. The van der Waals surface area contributed by atoms with Gasteiger partial charge in [0.05, 0.1) is 0 Å². The van der Waals surface area contributed by atoms with Gasteiger partial charge in [0, 0.05) is 25.6 Å². The van der Waals surface area contributed by atoms with Crippen molar-refractivity contribution in [3.8, 4) is 0 Å². The number of hydrogen-bond acceptors (Lipinski definition) is 4. The zero-order valence-corrected chi connectivity index (χ0v) is 9.82. The first-order valence-electron chi connectivity index (χ1n) is 5.65. The van der Waals surface area contributed by atoms with Gasteiger partial charge in [-0.2, -0.15) is 0 Å². The summed E-state index contributed by atoms with van der Waals surface area (Å²) >= 11 is 0. The summed E-state index contributed by atoms with van der Waals surface area (Å²) in [6.07, 6.45) is 1.00. The zero-order chi connectivity index (χ0) is 11.3. The SMILES string of the molecule is CCNc1nnc(C(CC)CN)n1CC. The van der Waals surface area contributed by atoms with Gasteiger partial charge in [-0.1, -0.05) is 6.92 Å². The van der Waals surface area contributed by atoms with Gasteiger partial charge in [0.15, 0.2) is 0 Å². The molecule has 5 heteroatoms. The lowest BCUT2D eigenvalue weighted by Gasteiger charge is -2.13. The van der Waals surface area contributed by atoms with E-state index in [1.165, 1.54) is 0 Å². The Hall–Kier alpha value is -1.10. The van der Waals surface area contributed by atoms with Crippen LogP contribution in [-0.4, -0.2) is 27.9 Å². The fourth-order valence-electron chi connectivity index (χ4n) is 1.67. The van der Waals surface area contributed by atoms with Gasteiger partial charge in [-0.05, 0) is 20.3 Å². The number of nitrogens with one attached hydrogen (secondary N) is 1. The molecular formula is C10H21N5. The fourth-order valence-corrected chi connectivity index (χ4v) is 1.67. The molecule has 0 radical (unpaired) electrons. The first kappa shape index (κ1) is 12.0. The highest BCUT2D eigenvalue weighted by atomic mass is 15.3. The molecule has 1 atom stereocenters. The van der Waals surface area contributed by atoms with E-state index in [-0.39, 0.29) is 0 Å². The van der Waals surface area contributed by atoms with E-state index in [1.807, 2.05) is 0 Å². The molecule has 1 rings (SSSR count). The van der Waals surface area contributed by atoms with Gasteiger partial charge in [-0.3, -0.25) is 4.57 Å². The molecule has 1 aromatic rings. The largest absolute Gasteiger partial charge is 0.355 e. The van der Waals surface area contributed by atoms with Crippen molar-refractivity contribution in [2.24, 2.45) is 5.73 Å². The lowest BCUT2D eigenvalue weighted by molar-refractivity contribution is 0.579. The van der Waals surface area contributed by atoms with Crippen molar-refractivity contribution >= 4 is 5.95 Å². The molecule has 0 saturated heterocycles. The fraction of sp³-hybridized carbons (Fsp3) is 0.800. The molecule has 0 aliphatic rings. The Bertz CT molecular complexity index is 290. The van der Waals surface area contributed by atoms with E-state index in [0.717, 1.165) is 31.3 Å². The topological polar surface area (TPSA) is 68.8 Å². The lowest BCUT2D eigenvalue weighted by Crippen LogP contribution is -2.17. The van der Waals surface area contributed by atoms with Crippen LogP contribution < -0.4 is 11.1 Å². The van der Waals surface area contributed by atoms with E-state index >= 15 is 0 Å². The Morgan fingerprint density at radius 1 is 1.33 bits per heavy atom. The molecule has 5 nitrogen and oxygen atoms in total. The number of aromatic nitrogens is 3. The molecule has 0 saturated carbocycles. The molecule has 0 aliphatic carbocycles. The van der Waals surface area contributed by atoms with E-state index in [1.54, 1.807) is 0 Å². The Morgan fingerprint density at radius 3 is 2.53 bits per heavy atom. The number of rotatable bonds is 6. The molecule has 15 heavy (non-hydrogen) atoms. The summed E-state index contributed by atoms with van der Waals surface area (Å²) in [6.45, 7) is 8.63. The smallest absolute Gasteiger partial charge is 0.224 e. The molecule has 0 fully saturated rings. The predicted octanol–water partition coefficient (Wildman–Crippen LogP) is 1.18. The van der Waals surface area contributed by atoms with Crippen LogP contribution in [0.25, 0.3) is 0 Å². The van der Waals surface area contributed by atoms with Crippen molar-refractivity contribution in [1.82, 2.24) is 14.8 Å². The number of hydrogen-bond donors (Lipinski definition) is 2. The van der Waals surface area contributed by atoms with Gasteiger partial charge in [-0.25, -0.2) is 0 Å². The predicted molar refractivity (Wildman–Crippen MR) is 61.9 cm³/mol. The van der Waals surface area contributed by atoms with Crippen molar-refractivity contribution in [1.29, 1.82) is 0 Å². The van der Waals surface area contributed by atoms with Crippen molar-refractivity contribution in [2.75, 3.05) is 18.4 Å². The average molecular weight is 211 g/mol. The average Bonchev–Trinajstić information content (AvgIpc) is 2.64. The summed E-state index contributed by atoms with van der Waals surface area (Å²) in [4.78, 5) is 0. The molecular weight excluding hydrogens is 190 g/mol. The van der Waals surface area contributed by atoms with Crippen LogP contribution in [0, 0.1) is 0 Å². The summed E-state index contributed by atoms with van der Waals surface area (Å²) < 4.78 is 2.10. The number of nitrogens with zero attached hydrogens (tertiary/aromatic N) is 3. The molecule has 1 unspecified atom stereocenters. The van der Waals surface area contributed by atoms with Crippen LogP contribution in [-0.2, 0) is 6.54 Å². The molecule has 86 valence electrons. The Labute approximate surface area is 91.1 Å². The van der Waals surface area contributed by atoms with E-state index in [2.05, 4.69) is 40.9 Å². The maximum absolute atomic E-state index is 5.72. The summed E-state index contributed by atoms with van der Waals surface area (Å²) in [5, 5.41) is 11.6. The third kappa shape index (κ3) is 2.47. The van der Waals surface area contributed by atoms with E-state index in [0.29, 0.717) is 12.5 Å². The van der Waals surface area contributed by atoms with Gasteiger partial charge >= 0.3 is 0 Å². The number of anilines is 1. The van der Waals surface area contributed by atoms with Gasteiger partial charge in [0.1, 0.15) is 5.82 Å². The minimum absolute atomic E-state index is 0.310. The van der Waals surface area contributed by atoms with E-state index in [4.69, 9.17) is 5.73 Å². The third-order valence-electron chi connectivity index (χ3n) is 2.57. The first-order valence-corrected chi connectivity index (χ1v) is 5.65. The van der Waals surface area contributed by atoms with Gasteiger partial charge in [0.25, 0.3) is 0 Å². The lowest BCUT2D eigenvalue weighted by atomic mass is 10.1.